The van der Waals surface area contributed by atoms with E-state index < -0.39 is 48.2 Å². The first-order valence-electron chi connectivity index (χ1n) is 15.0. The van der Waals surface area contributed by atoms with Crippen molar-refractivity contribution >= 4 is 23.4 Å². The van der Waals surface area contributed by atoms with E-state index in [-0.39, 0.29) is 37.4 Å². The fourth-order valence-electron chi connectivity index (χ4n) is 6.81. The maximum Gasteiger partial charge on any atom is 0.240 e. The standard InChI is InChI=1S/C31H37ClF2N4O6/c32-20-3-1-2-18(8-20)13-38-14-21-10-25(38)31(42)37-6-7-43-22(16-37)15-36(12-19-4-5-23(33)24(34)9-19)17-27-30(41)29(40)26(44-27)11-28(39)35-21/h1-5,8-9,21-22,25-27,29-30,40-41H,6-7,10-17H2,(H,35,39)/t21-,22+,25-,26-,27+,29-,30+/m0/s1. The number of aliphatic hydroxyl groups is 2. The second-order valence-corrected chi connectivity index (χ2v) is 12.6. The first kappa shape index (κ1) is 31.3. The molecule has 4 aliphatic rings. The van der Waals surface area contributed by atoms with E-state index in [0.717, 1.165) is 17.7 Å². The Balaban J connectivity index is 1.27. The fraction of sp³-hybridized carbons (Fsp3) is 0.548. The largest absolute Gasteiger partial charge is 0.388 e. The Labute approximate surface area is 259 Å². The highest BCUT2D eigenvalue weighted by atomic mass is 35.5. The number of benzene rings is 2. The van der Waals surface area contributed by atoms with Gasteiger partial charge < -0.3 is 29.9 Å². The summed E-state index contributed by atoms with van der Waals surface area (Å²) < 4.78 is 39.8. The van der Waals surface area contributed by atoms with Gasteiger partial charge in [0.05, 0.1) is 37.4 Å². The normalized spacial score (nSPS) is 32.2. The van der Waals surface area contributed by atoms with Crippen molar-refractivity contribution in [1.82, 2.24) is 20.0 Å². The number of morpholine rings is 1. The quantitative estimate of drug-likeness (QED) is 0.461. The van der Waals surface area contributed by atoms with Crippen LogP contribution in [0.15, 0.2) is 42.5 Å². The van der Waals surface area contributed by atoms with Crippen LogP contribution in [0.5, 0.6) is 0 Å². The molecule has 4 aliphatic heterocycles. The molecule has 4 heterocycles. The van der Waals surface area contributed by atoms with Gasteiger partial charge in [-0.25, -0.2) is 8.78 Å². The summed E-state index contributed by atoms with van der Waals surface area (Å²) in [5, 5.41) is 25.3. The molecular weight excluding hydrogens is 598 g/mol. The lowest BCUT2D eigenvalue weighted by molar-refractivity contribution is -0.145. The average molecular weight is 635 g/mol. The number of ether oxygens (including phenoxy) is 2. The van der Waals surface area contributed by atoms with Gasteiger partial charge in [0.2, 0.25) is 11.8 Å². The molecular formula is C31H37ClF2N4O6. The zero-order chi connectivity index (χ0) is 31.0. The summed E-state index contributed by atoms with van der Waals surface area (Å²) in [6, 6.07) is 10.3. The Morgan fingerprint density at radius 2 is 1.73 bits per heavy atom. The molecule has 4 fully saturated rings. The van der Waals surface area contributed by atoms with Crippen LogP contribution in [-0.2, 0) is 32.2 Å². The van der Waals surface area contributed by atoms with Crippen LogP contribution >= 0.6 is 11.6 Å². The summed E-state index contributed by atoms with van der Waals surface area (Å²) in [4.78, 5) is 32.8. The number of carbonyl (C=O) groups is 2. The second kappa shape index (κ2) is 13.3. The minimum atomic E-state index is -1.29. The van der Waals surface area contributed by atoms with Crippen molar-refractivity contribution < 1.29 is 38.1 Å². The Bertz CT molecular complexity index is 1370. The van der Waals surface area contributed by atoms with Gasteiger partial charge in [0.25, 0.3) is 0 Å². The minimum Gasteiger partial charge on any atom is -0.388 e. The Kier molecular flexibility index (Phi) is 9.48. The Morgan fingerprint density at radius 1 is 0.932 bits per heavy atom. The van der Waals surface area contributed by atoms with Gasteiger partial charge >= 0.3 is 0 Å². The third kappa shape index (κ3) is 7.07. The molecule has 3 N–H and O–H groups in total. The molecule has 2 aromatic rings. The highest BCUT2D eigenvalue weighted by Gasteiger charge is 2.46. The van der Waals surface area contributed by atoms with Gasteiger partial charge in [-0.2, -0.15) is 0 Å². The van der Waals surface area contributed by atoms with Crippen LogP contribution < -0.4 is 5.32 Å². The number of nitrogens with one attached hydrogen (secondary N) is 1. The summed E-state index contributed by atoms with van der Waals surface area (Å²) >= 11 is 6.22. The number of carbonyl (C=O) groups excluding carboxylic acids is 2. The average Bonchev–Trinajstić information content (AvgIpc) is 3.49. The number of aliphatic hydroxyl groups excluding tert-OH is 2. The van der Waals surface area contributed by atoms with Crippen LogP contribution in [0.4, 0.5) is 8.78 Å². The van der Waals surface area contributed by atoms with Gasteiger partial charge in [-0.1, -0.05) is 29.8 Å². The highest BCUT2D eigenvalue weighted by molar-refractivity contribution is 6.30. The summed E-state index contributed by atoms with van der Waals surface area (Å²) in [6.45, 7) is 2.57. The Morgan fingerprint density at radius 3 is 2.52 bits per heavy atom. The third-order valence-corrected chi connectivity index (χ3v) is 9.15. The van der Waals surface area contributed by atoms with Gasteiger partial charge in [0.15, 0.2) is 11.6 Å². The predicted molar refractivity (Wildman–Crippen MR) is 155 cm³/mol. The molecule has 4 saturated heterocycles. The Hall–Kier alpha value is -2.71. The number of rotatable bonds is 4. The molecule has 0 spiro atoms. The van der Waals surface area contributed by atoms with E-state index in [2.05, 4.69) is 10.2 Å². The second-order valence-electron chi connectivity index (χ2n) is 12.2. The van der Waals surface area contributed by atoms with Gasteiger partial charge in [0, 0.05) is 56.9 Å². The van der Waals surface area contributed by atoms with E-state index in [1.165, 1.54) is 6.07 Å². The van der Waals surface area contributed by atoms with E-state index in [1.54, 1.807) is 11.0 Å². The van der Waals surface area contributed by atoms with E-state index in [1.807, 2.05) is 23.1 Å². The molecule has 44 heavy (non-hydrogen) atoms. The van der Waals surface area contributed by atoms with Crippen molar-refractivity contribution in [3.63, 3.8) is 0 Å². The molecule has 7 atom stereocenters. The SMILES string of the molecule is O=C1C[C@@H]2O[C@H](CN(Cc3ccc(F)c(F)c3)C[C@@H]3CN(CCO3)C(=O)[C@@H]3C[C@@H](CN3Cc3cccc(Cl)c3)N1)[C@@H](O)[C@H]2O. The number of likely N-dealkylation sites (tertiary alicyclic amines) is 1. The summed E-state index contributed by atoms with van der Waals surface area (Å²) in [5.74, 6) is -2.33. The van der Waals surface area contributed by atoms with E-state index in [0.29, 0.717) is 56.3 Å². The molecule has 0 aliphatic carbocycles. The summed E-state index contributed by atoms with van der Waals surface area (Å²) in [6.07, 6.45) is -4.48. The van der Waals surface area contributed by atoms with Crippen LogP contribution in [0, 0.1) is 11.6 Å². The van der Waals surface area contributed by atoms with Crippen LogP contribution in [0.2, 0.25) is 5.02 Å². The number of amides is 2. The maximum absolute atomic E-state index is 14.1. The summed E-state index contributed by atoms with van der Waals surface area (Å²) in [7, 11) is 0. The number of fused-ring (bicyclic) bond motifs is 6. The predicted octanol–water partition coefficient (Wildman–Crippen LogP) is 1.30. The molecule has 0 aromatic heterocycles. The van der Waals surface area contributed by atoms with Crippen molar-refractivity contribution in [3.8, 4) is 0 Å². The van der Waals surface area contributed by atoms with Crippen molar-refractivity contribution in [1.29, 1.82) is 0 Å². The zero-order valence-corrected chi connectivity index (χ0v) is 24.9. The first-order valence-corrected chi connectivity index (χ1v) is 15.4. The van der Waals surface area contributed by atoms with Gasteiger partial charge in [-0.3, -0.25) is 19.4 Å². The van der Waals surface area contributed by atoms with E-state index in [4.69, 9.17) is 21.1 Å². The van der Waals surface area contributed by atoms with E-state index in [9.17, 15) is 28.6 Å². The van der Waals surface area contributed by atoms with Crippen molar-refractivity contribution in [2.75, 3.05) is 39.3 Å². The number of halogens is 3. The molecule has 6 rings (SSSR count). The van der Waals surface area contributed by atoms with Crippen LogP contribution in [-0.4, -0.2) is 119 Å². The lowest BCUT2D eigenvalue weighted by Gasteiger charge is -2.38. The molecule has 0 unspecified atom stereocenters. The molecule has 6 bridgehead atoms. The lowest BCUT2D eigenvalue weighted by Crippen LogP contribution is -2.54. The molecule has 2 aromatic carbocycles. The minimum absolute atomic E-state index is 0.0504. The van der Waals surface area contributed by atoms with Crippen LogP contribution in [0.3, 0.4) is 0 Å². The fourth-order valence-corrected chi connectivity index (χ4v) is 7.02. The molecule has 238 valence electrons. The molecule has 0 saturated carbocycles. The van der Waals surface area contributed by atoms with Crippen LogP contribution in [0.25, 0.3) is 0 Å². The van der Waals surface area contributed by atoms with E-state index >= 15 is 0 Å². The van der Waals surface area contributed by atoms with Crippen molar-refractivity contribution in [2.24, 2.45) is 0 Å². The molecule has 13 heteroatoms. The number of hydrogen-bond donors (Lipinski definition) is 3. The zero-order valence-electron chi connectivity index (χ0n) is 24.2. The van der Waals surface area contributed by atoms with Gasteiger partial charge in [0.1, 0.15) is 12.2 Å². The third-order valence-electron chi connectivity index (χ3n) is 8.92. The van der Waals surface area contributed by atoms with Crippen molar-refractivity contribution in [3.05, 3.63) is 70.2 Å². The van der Waals surface area contributed by atoms with Crippen molar-refractivity contribution in [2.45, 2.75) is 68.5 Å². The first-order chi connectivity index (χ1) is 21.1. The summed E-state index contributed by atoms with van der Waals surface area (Å²) in [5.41, 5.74) is 1.45. The maximum atomic E-state index is 14.1. The monoisotopic (exact) mass is 634 g/mol. The molecule has 0 radical (unpaired) electrons. The smallest absolute Gasteiger partial charge is 0.240 e. The number of hydrogen-bond acceptors (Lipinski definition) is 8. The lowest BCUT2D eigenvalue weighted by atomic mass is 10.0. The topological polar surface area (TPSA) is 115 Å². The van der Waals surface area contributed by atoms with Gasteiger partial charge in [-0.05, 0) is 41.8 Å². The molecule has 2 amide bonds. The molecule has 10 nitrogen and oxygen atoms in total. The highest BCUT2D eigenvalue weighted by Crippen LogP contribution is 2.28. The number of nitrogens with zero attached hydrogens (tertiary/aromatic N) is 3. The van der Waals surface area contributed by atoms with Gasteiger partial charge in [-0.15, -0.1) is 0 Å². The van der Waals surface area contributed by atoms with Crippen LogP contribution in [0.1, 0.15) is 24.0 Å².